The highest BCUT2D eigenvalue weighted by molar-refractivity contribution is 6.32. The lowest BCUT2D eigenvalue weighted by atomic mass is 10.0. The lowest BCUT2D eigenvalue weighted by Crippen LogP contribution is -2.18. The second kappa shape index (κ2) is 9.82. The van der Waals surface area contributed by atoms with Crippen LogP contribution < -0.4 is 15.3 Å². The first kappa shape index (κ1) is 23.7. The summed E-state index contributed by atoms with van der Waals surface area (Å²) in [6.07, 6.45) is 0. The van der Waals surface area contributed by atoms with Crippen molar-refractivity contribution in [3.8, 4) is 5.75 Å². The van der Waals surface area contributed by atoms with Crippen LogP contribution in [-0.4, -0.2) is 31.1 Å². The average Bonchev–Trinajstić information content (AvgIpc) is 2.84. The number of carbonyl (C=O) groups excluding carboxylic acids is 1. The SMILES string of the molecule is CN(C)c1ccc(C(=O)O)cc1NC(=O)c1cc(N=Nc2ccccc2Cl)c2ccccc2c1[O-]. The fourth-order valence-electron chi connectivity index (χ4n) is 3.57. The number of fused-ring (bicyclic) bond motifs is 1. The molecule has 0 fully saturated rings. The molecule has 0 heterocycles. The highest BCUT2D eigenvalue weighted by Gasteiger charge is 2.17. The summed E-state index contributed by atoms with van der Waals surface area (Å²) < 4.78 is 0. The van der Waals surface area contributed by atoms with Crippen LogP contribution in [0.15, 0.2) is 83.0 Å². The number of aromatic carboxylic acids is 1. The molecule has 0 bridgehead atoms. The van der Waals surface area contributed by atoms with Gasteiger partial charge >= 0.3 is 5.97 Å². The quantitative estimate of drug-likeness (QED) is 0.323. The van der Waals surface area contributed by atoms with Crippen LogP contribution in [-0.2, 0) is 0 Å². The normalized spacial score (nSPS) is 11.1. The Balaban J connectivity index is 1.79. The van der Waals surface area contributed by atoms with Gasteiger partial charge in [-0.3, -0.25) is 4.79 Å². The summed E-state index contributed by atoms with van der Waals surface area (Å²) in [5, 5.41) is 34.9. The van der Waals surface area contributed by atoms with E-state index in [2.05, 4.69) is 15.5 Å². The summed E-state index contributed by atoms with van der Waals surface area (Å²) in [7, 11) is 3.52. The van der Waals surface area contributed by atoms with Gasteiger partial charge in [-0.1, -0.05) is 53.7 Å². The minimum atomic E-state index is -1.14. The molecule has 176 valence electrons. The third-order valence-corrected chi connectivity index (χ3v) is 5.63. The molecule has 9 heteroatoms. The zero-order valence-electron chi connectivity index (χ0n) is 18.8. The predicted octanol–water partition coefficient (Wildman–Crippen LogP) is 6.00. The maximum Gasteiger partial charge on any atom is 0.335 e. The van der Waals surface area contributed by atoms with E-state index < -0.39 is 17.6 Å². The van der Waals surface area contributed by atoms with E-state index in [0.29, 0.717) is 32.9 Å². The second-order valence-electron chi connectivity index (χ2n) is 7.86. The summed E-state index contributed by atoms with van der Waals surface area (Å²) in [5.41, 5.74) is 1.44. The van der Waals surface area contributed by atoms with Gasteiger partial charge in [0.15, 0.2) is 0 Å². The van der Waals surface area contributed by atoms with Crippen LogP contribution in [0.5, 0.6) is 5.75 Å². The van der Waals surface area contributed by atoms with Crippen LogP contribution in [0.2, 0.25) is 5.02 Å². The van der Waals surface area contributed by atoms with Crippen molar-refractivity contribution in [2.45, 2.75) is 0 Å². The zero-order chi connectivity index (χ0) is 25.1. The molecule has 1 amide bonds. The number of hydrogen-bond donors (Lipinski definition) is 2. The van der Waals surface area contributed by atoms with E-state index in [1.54, 1.807) is 73.6 Å². The summed E-state index contributed by atoms with van der Waals surface area (Å²) in [6.45, 7) is 0. The molecule has 0 radical (unpaired) electrons. The molecule has 35 heavy (non-hydrogen) atoms. The summed E-state index contributed by atoms with van der Waals surface area (Å²) in [5.74, 6) is -2.31. The second-order valence-corrected chi connectivity index (χ2v) is 8.26. The maximum absolute atomic E-state index is 13.2. The zero-order valence-corrected chi connectivity index (χ0v) is 19.6. The van der Waals surface area contributed by atoms with E-state index in [-0.39, 0.29) is 16.8 Å². The van der Waals surface area contributed by atoms with Gasteiger partial charge in [-0.2, -0.15) is 0 Å². The average molecular weight is 488 g/mol. The Labute approximate surface area is 206 Å². The molecule has 0 spiro atoms. The van der Waals surface area contributed by atoms with Crippen LogP contribution >= 0.6 is 11.6 Å². The van der Waals surface area contributed by atoms with Gasteiger partial charge < -0.3 is 20.4 Å². The molecule has 0 saturated heterocycles. The Morgan fingerprint density at radius 3 is 2.26 bits per heavy atom. The van der Waals surface area contributed by atoms with Gasteiger partial charge in [-0.05, 0) is 41.8 Å². The van der Waals surface area contributed by atoms with Gasteiger partial charge in [0, 0.05) is 25.0 Å². The minimum Gasteiger partial charge on any atom is -0.872 e. The highest BCUT2D eigenvalue weighted by Crippen LogP contribution is 2.37. The molecular formula is C26H20ClN4O4-. The van der Waals surface area contributed by atoms with E-state index in [1.807, 2.05) is 0 Å². The van der Waals surface area contributed by atoms with E-state index >= 15 is 0 Å². The smallest absolute Gasteiger partial charge is 0.335 e. The molecule has 0 aromatic heterocycles. The van der Waals surface area contributed by atoms with Gasteiger partial charge in [0.2, 0.25) is 0 Å². The van der Waals surface area contributed by atoms with E-state index in [4.69, 9.17) is 11.6 Å². The summed E-state index contributed by atoms with van der Waals surface area (Å²) in [4.78, 5) is 26.4. The number of anilines is 2. The van der Waals surface area contributed by atoms with E-state index in [0.717, 1.165) is 0 Å². The minimum absolute atomic E-state index is 0.000914. The van der Waals surface area contributed by atoms with Crippen molar-refractivity contribution in [2.24, 2.45) is 10.2 Å². The van der Waals surface area contributed by atoms with Gasteiger partial charge in [-0.15, -0.1) is 10.2 Å². The number of halogens is 1. The topological polar surface area (TPSA) is 117 Å². The number of carboxylic acids is 1. The standard InChI is InChI=1S/C26H21ClN4O4/c1-31(2)23-12-11-15(26(34)35)13-22(23)28-25(33)18-14-21(16-7-3-4-8-17(16)24(18)32)30-29-20-10-6-5-9-19(20)27/h3-14,32H,1-2H3,(H,28,33)(H,34,35)/p-1. The lowest BCUT2D eigenvalue weighted by Gasteiger charge is -2.21. The molecular weight excluding hydrogens is 468 g/mol. The molecule has 0 unspecified atom stereocenters. The Morgan fingerprint density at radius 2 is 1.57 bits per heavy atom. The molecule has 4 aromatic carbocycles. The molecule has 0 aliphatic rings. The number of carbonyl (C=O) groups is 2. The number of amides is 1. The van der Waals surface area contributed by atoms with Gasteiger partial charge in [0.1, 0.15) is 5.69 Å². The molecule has 0 aliphatic carbocycles. The van der Waals surface area contributed by atoms with Crippen molar-refractivity contribution in [1.82, 2.24) is 0 Å². The summed E-state index contributed by atoms with van der Waals surface area (Å²) in [6, 6.07) is 19.4. The summed E-state index contributed by atoms with van der Waals surface area (Å²) >= 11 is 6.17. The van der Waals surface area contributed by atoms with Crippen LogP contribution in [0.4, 0.5) is 22.7 Å². The lowest BCUT2D eigenvalue weighted by molar-refractivity contribution is -0.266. The predicted molar refractivity (Wildman–Crippen MR) is 135 cm³/mol. The van der Waals surface area contributed by atoms with Crippen LogP contribution in [0.25, 0.3) is 10.8 Å². The number of nitrogens with one attached hydrogen (secondary N) is 1. The van der Waals surface area contributed by atoms with Crippen molar-refractivity contribution in [3.05, 3.63) is 88.9 Å². The molecule has 0 atom stereocenters. The van der Waals surface area contributed by atoms with E-state index in [9.17, 15) is 19.8 Å². The van der Waals surface area contributed by atoms with Gasteiger partial charge in [-0.25, -0.2) is 4.79 Å². The Hall–Kier alpha value is -4.43. The highest BCUT2D eigenvalue weighted by atomic mass is 35.5. The number of nitrogens with zero attached hydrogens (tertiary/aromatic N) is 3. The number of benzene rings is 4. The first-order valence-electron chi connectivity index (χ1n) is 10.5. The van der Waals surface area contributed by atoms with Crippen LogP contribution in [0.3, 0.4) is 0 Å². The van der Waals surface area contributed by atoms with E-state index in [1.165, 1.54) is 18.2 Å². The fourth-order valence-corrected chi connectivity index (χ4v) is 3.74. The Kier molecular flexibility index (Phi) is 6.66. The largest absolute Gasteiger partial charge is 0.872 e. The number of rotatable bonds is 6. The molecule has 0 saturated carbocycles. The van der Waals surface area contributed by atoms with Crippen LogP contribution in [0.1, 0.15) is 20.7 Å². The van der Waals surface area contributed by atoms with Crippen molar-refractivity contribution in [1.29, 1.82) is 0 Å². The monoisotopic (exact) mass is 487 g/mol. The van der Waals surface area contributed by atoms with Crippen LogP contribution in [0, 0.1) is 0 Å². The Morgan fingerprint density at radius 1 is 0.914 bits per heavy atom. The Bertz CT molecular complexity index is 1480. The van der Waals surface area contributed by atoms with Gasteiger partial charge in [0.25, 0.3) is 5.91 Å². The first-order valence-corrected chi connectivity index (χ1v) is 10.9. The van der Waals surface area contributed by atoms with Crippen molar-refractivity contribution in [2.75, 3.05) is 24.3 Å². The fraction of sp³-hybridized carbons (Fsp3) is 0.0769. The molecule has 8 nitrogen and oxygen atoms in total. The third kappa shape index (κ3) is 4.92. The number of carboxylic acid groups (broad SMARTS) is 1. The van der Waals surface area contributed by atoms with Gasteiger partial charge in [0.05, 0.1) is 27.6 Å². The molecule has 4 aromatic rings. The molecule has 4 rings (SSSR count). The molecule has 2 N–H and O–H groups in total. The number of azo groups is 1. The number of hydrogen-bond acceptors (Lipinski definition) is 6. The van der Waals surface area contributed by atoms with Crippen molar-refractivity contribution < 1.29 is 19.8 Å². The first-order chi connectivity index (χ1) is 16.8. The van der Waals surface area contributed by atoms with Crippen molar-refractivity contribution >= 4 is 57.0 Å². The molecule has 0 aliphatic heterocycles. The third-order valence-electron chi connectivity index (χ3n) is 5.31. The van der Waals surface area contributed by atoms with Crippen molar-refractivity contribution in [3.63, 3.8) is 0 Å². The maximum atomic E-state index is 13.2.